The molecule has 0 bridgehead atoms. The summed E-state index contributed by atoms with van der Waals surface area (Å²) in [6, 6.07) is 8.60. The van der Waals surface area contributed by atoms with E-state index < -0.39 is 0 Å². The number of rotatable bonds is 14. The summed E-state index contributed by atoms with van der Waals surface area (Å²) >= 11 is 10.6. The van der Waals surface area contributed by atoms with E-state index in [0.29, 0.717) is 0 Å². The molecule has 6 heteroatoms. The minimum absolute atomic E-state index is 0.876. The number of fused-ring (bicyclic) bond motifs is 3. The summed E-state index contributed by atoms with van der Waals surface area (Å²) in [4.78, 5) is 0. The fourth-order valence-electron chi connectivity index (χ4n) is 3.79. The molecule has 31 heavy (non-hydrogen) atoms. The van der Waals surface area contributed by atoms with Gasteiger partial charge in [-0.15, -0.1) is 0 Å². The topological polar surface area (TPSA) is 18.5 Å². The van der Waals surface area contributed by atoms with E-state index in [0.717, 1.165) is 38.4 Å². The number of hydrogen-bond donors (Lipinski definition) is 0. The van der Waals surface area contributed by atoms with E-state index in [2.05, 4.69) is 70.0 Å². The van der Waals surface area contributed by atoms with Crippen LogP contribution in [-0.4, -0.2) is 11.5 Å². The van der Waals surface area contributed by atoms with Crippen LogP contribution >= 0.6 is 55.9 Å². The quantitative estimate of drug-likeness (QED) is 0.138. The predicted octanol–water partition coefficient (Wildman–Crippen LogP) is 10.00. The Morgan fingerprint density at radius 2 is 1.32 bits per heavy atom. The summed E-state index contributed by atoms with van der Waals surface area (Å²) in [5.74, 6) is 3.95. The SMILES string of the molecule is CCCCCCSOc1c(Br)ccc2c1Cc1ccc(Br)c(OSCCCCCC)c1-2. The maximum Gasteiger partial charge on any atom is 0.159 e. The molecule has 0 fully saturated rings. The fraction of sp³-hybridized carbons (Fsp3) is 0.520. The zero-order valence-corrected chi connectivity index (χ0v) is 23.3. The first-order valence-corrected chi connectivity index (χ1v) is 14.8. The molecule has 0 radical (unpaired) electrons. The molecule has 0 N–H and O–H groups in total. The van der Waals surface area contributed by atoms with Crippen molar-refractivity contribution in [2.75, 3.05) is 11.5 Å². The van der Waals surface area contributed by atoms with E-state index in [1.807, 2.05) is 0 Å². The smallest absolute Gasteiger partial charge is 0.159 e. The number of halogens is 2. The summed E-state index contributed by atoms with van der Waals surface area (Å²) in [5.41, 5.74) is 4.98. The lowest BCUT2D eigenvalue weighted by atomic mass is 10.0. The normalized spacial score (nSPS) is 12.0. The number of hydrogen-bond acceptors (Lipinski definition) is 4. The summed E-state index contributed by atoms with van der Waals surface area (Å²) in [7, 11) is 0. The Bertz CT molecular complexity index is 858. The summed E-state index contributed by atoms with van der Waals surface area (Å²) in [6.45, 7) is 4.49. The molecule has 0 unspecified atom stereocenters. The van der Waals surface area contributed by atoms with Gasteiger partial charge in [-0.1, -0.05) is 64.5 Å². The molecule has 0 saturated carbocycles. The van der Waals surface area contributed by atoms with Crippen LogP contribution in [0, 0.1) is 0 Å². The van der Waals surface area contributed by atoms with Gasteiger partial charge in [-0.3, -0.25) is 0 Å². The van der Waals surface area contributed by atoms with E-state index in [1.165, 1.54) is 73.6 Å². The Morgan fingerprint density at radius 3 is 1.97 bits per heavy atom. The number of unbranched alkanes of at least 4 members (excludes halogenated alkanes) is 6. The lowest BCUT2D eigenvalue weighted by Gasteiger charge is -2.14. The van der Waals surface area contributed by atoms with E-state index in [1.54, 1.807) is 24.1 Å². The zero-order valence-electron chi connectivity index (χ0n) is 18.5. The Balaban J connectivity index is 1.72. The molecular formula is C25H32Br2O2S2. The Morgan fingerprint density at radius 1 is 0.742 bits per heavy atom. The first-order valence-electron chi connectivity index (χ1n) is 11.4. The summed E-state index contributed by atoms with van der Waals surface area (Å²) in [5, 5.41) is 0. The third kappa shape index (κ3) is 6.84. The molecule has 0 amide bonds. The minimum Gasteiger partial charge on any atom is -0.424 e. The Labute approximate surface area is 213 Å². The van der Waals surface area contributed by atoms with Crippen LogP contribution in [0.25, 0.3) is 11.1 Å². The van der Waals surface area contributed by atoms with Crippen LogP contribution in [-0.2, 0) is 6.42 Å². The highest BCUT2D eigenvalue weighted by molar-refractivity contribution is 9.11. The van der Waals surface area contributed by atoms with Crippen LogP contribution in [0.2, 0.25) is 0 Å². The molecule has 3 rings (SSSR count). The third-order valence-corrected chi connectivity index (χ3v) is 8.22. The molecule has 1 aliphatic carbocycles. The zero-order chi connectivity index (χ0) is 22.1. The third-order valence-electron chi connectivity index (χ3n) is 5.49. The van der Waals surface area contributed by atoms with Gasteiger partial charge in [0.25, 0.3) is 0 Å². The highest BCUT2D eigenvalue weighted by atomic mass is 79.9. The van der Waals surface area contributed by atoms with E-state index in [4.69, 9.17) is 8.37 Å². The largest absolute Gasteiger partial charge is 0.424 e. The molecular weight excluding hydrogens is 556 g/mol. The Kier molecular flexibility index (Phi) is 11.0. The molecule has 0 atom stereocenters. The molecule has 0 aromatic heterocycles. The highest BCUT2D eigenvalue weighted by Crippen LogP contribution is 2.51. The van der Waals surface area contributed by atoms with Crippen molar-refractivity contribution < 1.29 is 8.37 Å². The minimum atomic E-state index is 0.876. The average Bonchev–Trinajstić information content (AvgIpc) is 3.14. The van der Waals surface area contributed by atoms with Crippen molar-refractivity contribution in [3.05, 3.63) is 44.3 Å². The number of benzene rings is 2. The van der Waals surface area contributed by atoms with Crippen molar-refractivity contribution in [1.82, 2.24) is 0 Å². The summed E-state index contributed by atoms with van der Waals surface area (Å²) < 4.78 is 14.5. The van der Waals surface area contributed by atoms with E-state index >= 15 is 0 Å². The molecule has 2 aromatic rings. The van der Waals surface area contributed by atoms with Gasteiger partial charge in [-0.25, -0.2) is 0 Å². The van der Waals surface area contributed by atoms with Crippen LogP contribution in [0.15, 0.2) is 33.2 Å². The molecule has 0 saturated heterocycles. The molecule has 170 valence electrons. The van der Waals surface area contributed by atoms with Gasteiger partial charge in [0, 0.05) is 29.1 Å². The fourth-order valence-corrected chi connectivity index (χ4v) is 6.28. The van der Waals surface area contributed by atoms with Crippen LogP contribution in [0.3, 0.4) is 0 Å². The lowest BCUT2D eigenvalue weighted by Crippen LogP contribution is -1.93. The van der Waals surface area contributed by atoms with Gasteiger partial charge in [-0.05, 0) is 68.0 Å². The second-order valence-electron chi connectivity index (χ2n) is 7.92. The standard InChI is InChI=1S/C25H32Br2O2S2/c1-3-5-7-9-15-30-28-24-20-17-18-11-13-22(27)25(29-31-16-10-8-6-4-2)23(18)19(20)12-14-21(24)26/h11-14H,3-10,15-17H2,1-2H3. The van der Waals surface area contributed by atoms with Crippen molar-refractivity contribution in [2.24, 2.45) is 0 Å². The van der Waals surface area contributed by atoms with Crippen LogP contribution in [0.5, 0.6) is 11.5 Å². The van der Waals surface area contributed by atoms with Gasteiger partial charge in [0.15, 0.2) is 11.5 Å². The van der Waals surface area contributed by atoms with Gasteiger partial charge in [0.1, 0.15) is 0 Å². The van der Waals surface area contributed by atoms with Gasteiger partial charge < -0.3 is 8.37 Å². The van der Waals surface area contributed by atoms with Crippen molar-refractivity contribution in [2.45, 2.75) is 71.6 Å². The van der Waals surface area contributed by atoms with Gasteiger partial charge >= 0.3 is 0 Å². The second-order valence-corrected chi connectivity index (χ2v) is 11.3. The first-order chi connectivity index (χ1) is 15.2. The van der Waals surface area contributed by atoms with Crippen molar-refractivity contribution in [3.63, 3.8) is 0 Å². The van der Waals surface area contributed by atoms with Crippen molar-refractivity contribution in [3.8, 4) is 22.6 Å². The highest BCUT2D eigenvalue weighted by Gasteiger charge is 2.28. The Hall–Kier alpha value is -0.300. The van der Waals surface area contributed by atoms with Gasteiger partial charge in [0.05, 0.1) is 33.0 Å². The summed E-state index contributed by atoms with van der Waals surface area (Å²) in [6.07, 6.45) is 10.9. The molecule has 0 aliphatic heterocycles. The molecule has 2 nitrogen and oxygen atoms in total. The van der Waals surface area contributed by atoms with E-state index in [-0.39, 0.29) is 0 Å². The van der Waals surface area contributed by atoms with Crippen LogP contribution in [0.4, 0.5) is 0 Å². The molecule has 2 aromatic carbocycles. The monoisotopic (exact) mass is 586 g/mol. The average molecular weight is 588 g/mol. The van der Waals surface area contributed by atoms with Crippen molar-refractivity contribution >= 4 is 55.9 Å². The molecule has 0 spiro atoms. The van der Waals surface area contributed by atoms with E-state index in [9.17, 15) is 0 Å². The van der Waals surface area contributed by atoms with Gasteiger partial charge in [0.2, 0.25) is 0 Å². The maximum atomic E-state index is 6.23. The van der Waals surface area contributed by atoms with Crippen molar-refractivity contribution in [1.29, 1.82) is 0 Å². The van der Waals surface area contributed by atoms with Crippen LogP contribution in [0.1, 0.15) is 76.3 Å². The lowest BCUT2D eigenvalue weighted by molar-refractivity contribution is 0.626. The second kappa shape index (κ2) is 13.4. The first kappa shape index (κ1) is 25.3. The van der Waals surface area contributed by atoms with Gasteiger partial charge in [-0.2, -0.15) is 0 Å². The maximum absolute atomic E-state index is 6.23. The van der Waals surface area contributed by atoms with Crippen LogP contribution < -0.4 is 8.37 Å². The molecule has 0 heterocycles. The molecule has 1 aliphatic rings. The predicted molar refractivity (Wildman–Crippen MR) is 145 cm³/mol.